The first-order chi connectivity index (χ1) is 9.08. The molecule has 0 aliphatic carbocycles. The molecule has 0 saturated heterocycles. The van der Waals surface area contributed by atoms with Crippen LogP contribution in [0.4, 0.5) is 0 Å². The van der Waals surface area contributed by atoms with Crippen molar-refractivity contribution in [2.75, 3.05) is 0 Å². The number of carbonyl (C=O) groups excluding carboxylic acids is 1. The van der Waals surface area contributed by atoms with Gasteiger partial charge >= 0.3 is 0 Å². The molecule has 0 radical (unpaired) electrons. The second-order valence-electron chi connectivity index (χ2n) is 4.97. The van der Waals surface area contributed by atoms with Crippen molar-refractivity contribution in [2.45, 2.75) is 33.1 Å². The Morgan fingerprint density at radius 2 is 1.89 bits per heavy atom. The average Bonchev–Trinajstić information content (AvgIpc) is 2.62. The molecule has 0 atom stereocenters. The summed E-state index contributed by atoms with van der Waals surface area (Å²) in [5.41, 5.74) is 4.49. The minimum absolute atomic E-state index is 0.286. The van der Waals surface area contributed by atoms with Crippen molar-refractivity contribution in [1.82, 2.24) is 9.78 Å². The zero-order valence-corrected chi connectivity index (χ0v) is 11.8. The Morgan fingerprint density at radius 3 is 2.47 bits per heavy atom. The number of Topliss-reactive ketones (excluding diaryl/α,β-unsaturated/α-hetero) is 1. The molecule has 0 amide bonds. The van der Waals surface area contributed by atoms with Crippen LogP contribution >= 0.6 is 0 Å². The molecular formula is C16H20N2O. The van der Waals surface area contributed by atoms with Crippen molar-refractivity contribution in [3.05, 3.63) is 52.8 Å². The minimum atomic E-state index is 0.286. The smallest absolute Gasteiger partial charge is 0.137 e. The summed E-state index contributed by atoms with van der Waals surface area (Å²) in [5, 5.41) is 4.38. The zero-order valence-electron chi connectivity index (χ0n) is 11.8. The predicted molar refractivity (Wildman–Crippen MR) is 76.2 cm³/mol. The summed E-state index contributed by atoms with van der Waals surface area (Å²) in [4.78, 5) is 12.0. The van der Waals surface area contributed by atoms with Crippen LogP contribution in [0, 0.1) is 13.8 Å². The highest BCUT2D eigenvalue weighted by Gasteiger charge is 2.11. The molecule has 0 aliphatic heterocycles. The van der Waals surface area contributed by atoms with Gasteiger partial charge in [-0.2, -0.15) is 5.10 Å². The van der Waals surface area contributed by atoms with Crippen molar-refractivity contribution in [3.8, 4) is 0 Å². The summed E-state index contributed by atoms with van der Waals surface area (Å²) in [6.45, 7) is 4.06. The Kier molecular flexibility index (Phi) is 4.15. The number of hydrogen-bond donors (Lipinski definition) is 0. The van der Waals surface area contributed by atoms with Crippen LogP contribution in [0.1, 0.15) is 28.9 Å². The molecule has 0 N–H and O–H groups in total. The SMILES string of the molecule is Cc1nn(C)c(C)c1CCC(=O)Cc1ccccc1. The third-order valence-electron chi connectivity index (χ3n) is 3.56. The Balaban J connectivity index is 1.94. The molecule has 1 aromatic carbocycles. The van der Waals surface area contributed by atoms with Crippen LogP contribution in [0.3, 0.4) is 0 Å². The standard InChI is InChI=1S/C16H20N2O/c1-12-16(13(2)18(3)17-12)10-9-15(19)11-14-7-5-4-6-8-14/h4-8H,9-11H2,1-3H3. The van der Waals surface area contributed by atoms with Gasteiger partial charge in [0.25, 0.3) is 0 Å². The molecule has 3 heteroatoms. The van der Waals surface area contributed by atoms with Gasteiger partial charge in [-0.05, 0) is 31.4 Å². The van der Waals surface area contributed by atoms with Crippen LogP contribution in [-0.4, -0.2) is 15.6 Å². The third kappa shape index (κ3) is 3.31. The van der Waals surface area contributed by atoms with Crippen molar-refractivity contribution in [1.29, 1.82) is 0 Å². The zero-order chi connectivity index (χ0) is 13.8. The van der Waals surface area contributed by atoms with E-state index in [1.807, 2.05) is 49.0 Å². The van der Waals surface area contributed by atoms with Crippen LogP contribution < -0.4 is 0 Å². The van der Waals surface area contributed by atoms with E-state index in [2.05, 4.69) is 12.0 Å². The van der Waals surface area contributed by atoms with E-state index in [4.69, 9.17) is 0 Å². The second-order valence-corrected chi connectivity index (χ2v) is 4.97. The van der Waals surface area contributed by atoms with Gasteiger partial charge in [0.2, 0.25) is 0 Å². The average molecular weight is 256 g/mol. The predicted octanol–water partition coefficient (Wildman–Crippen LogP) is 2.78. The topological polar surface area (TPSA) is 34.9 Å². The fourth-order valence-corrected chi connectivity index (χ4v) is 2.36. The van der Waals surface area contributed by atoms with Crippen LogP contribution in [-0.2, 0) is 24.7 Å². The second kappa shape index (κ2) is 5.83. The van der Waals surface area contributed by atoms with E-state index in [0.717, 1.165) is 23.4 Å². The number of hydrogen-bond acceptors (Lipinski definition) is 2. The van der Waals surface area contributed by atoms with Crippen LogP contribution in [0.25, 0.3) is 0 Å². The molecule has 100 valence electrons. The maximum atomic E-state index is 12.0. The molecule has 0 fully saturated rings. The third-order valence-corrected chi connectivity index (χ3v) is 3.56. The van der Waals surface area contributed by atoms with E-state index in [9.17, 15) is 4.79 Å². The lowest BCUT2D eigenvalue weighted by atomic mass is 10.0. The van der Waals surface area contributed by atoms with E-state index >= 15 is 0 Å². The Labute approximate surface area is 114 Å². The van der Waals surface area contributed by atoms with E-state index in [1.54, 1.807) is 0 Å². The van der Waals surface area contributed by atoms with Gasteiger partial charge in [0.15, 0.2) is 0 Å². The van der Waals surface area contributed by atoms with Gasteiger partial charge in [0, 0.05) is 25.6 Å². The number of aryl methyl sites for hydroxylation is 2. The summed E-state index contributed by atoms with van der Waals surface area (Å²) in [6, 6.07) is 9.91. The van der Waals surface area contributed by atoms with Gasteiger partial charge in [-0.25, -0.2) is 0 Å². The number of rotatable bonds is 5. The molecule has 1 aromatic heterocycles. The highest BCUT2D eigenvalue weighted by Crippen LogP contribution is 2.14. The van der Waals surface area contributed by atoms with Gasteiger partial charge < -0.3 is 0 Å². The molecule has 2 aromatic rings. The highest BCUT2D eigenvalue weighted by atomic mass is 16.1. The molecular weight excluding hydrogens is 236 g/mol. The lowest BCUT2D eigenvalue weighted by Crippen LogP contribution is -2.05. The van der Waals surface area contributed by atoms with Crippen LogP contribution in [0.15, 0.2) is 30.3 Å². The Hall–Kier alpha value is -1.90. The van der Waals surface area contributed by atoms with Crippen molar-refractivity contribution in [3.63, 3.8) is 0 Å². The number of nitrogens with zero attached hydrogens (tertiary/aromatic N) is 2. The van der Waals surface area contributed by atoms with Crippen molar-refractivity contribution < 1.29 is 4.79 Å². The summed E-state index contributed by atoms with van der Waals surface area (Å²) < 4.78 is 1.88. The van der Waals surface area contributed by atoms with Crippen LogP contribution in [0.2, 0.25) is 0 Å². The van der Waals surface area contributed by atoms with Gasteiger partial charge in [0.05, 0.1) is 5.69 Å². The van der Waals surface area contributed by atoms with E-state index in [-0.39, 0.29) is 5.78 Å². The first-order valence-electron chi connectivity index (χ1n) is 6.62. The van der Waals surface area contributed by atoms with Gasteiger partial charge in [-0.3, -0.25) is 9.48 Å². The number of aromatic nitrogens is 2. The molecule has 0 spiro atoms. The lowest BCUT2D eigenvalue weighted by Gasteiger charge is -2.03. The molecule has 0 bridgehead atoms. The Morgan fingerprint density at radius 1 is 1.21 bits per heavy atom. The maximum Gasteiger partial charge on any atom is 0.137 e. The molecule has 1 heterocycles. The molecule has 3 nitrogen and oxygen atoms in total. The summed E-state index contributed by atoms with van der Waals surface area (Å²) in [7, 11) is 1.94. The first kappa shape index (κ1) is 13.5. The molecule has 0 aliphatic rings. The summed E-state index contributed by atoms with van der Waals surface area (Å²) in [5.74, 6) is 0.286. The maximum absolute atomic E-state index is 12.0. The van der Waals surface area contributed by atoms with Crippen LogP contribution in [0.5, 0.6) is 0 Å². The minimum Gasteiger partial charge on any atom is -0.299 e. The number of ketones is 1. The van der Waals surface area contributed by atoms with Crippen molar-refractivity contribution in [2.24, 2.45) is 7.05 Å². The normalized spacial score (nSPS) is 10.7. The highest BCUT2D eigenvalue weighted by molar-refractivity contribution is 5.81. The largest absolute Gasteiger partial charge is 0.299 e. The van der Waals surface area contributed by atoms with E-state index in [1.165, 1.54) is 5.56 Å². The number of benzene rings is 1. The quantitative estimate of drug-likeness (QED) is 0.824. The van der Waals surface area contributed by atoms with E-state index in [0.29, 0.717) is 12.8 Å². The lowest BCUT2D eigenvalue weighted by molar-refractivity contribution is -0.118. The van der Waals surface area contributed by atoms with Crippen molar-refractivity contribution >= 4 is 5.78 Å². The molecule has 2 rings (SSSR count). The molecule has 19 heavy (non-hydrogen) atoms. The molecule has 0 saturated carbocycles. The first-order valence-corrected chi connectivity index (χ1v) is 6.62. The fraction of sp³-hybridized carbons (Fsp3) is 0.375. The monoisotopic (exact) mass is 256 g/mol. The fourth-order valence-electron chi connectivity index (χ4n) is 2.36. The summed E-state index contributed by atoms with van der Waals surface area (Å²) in [6.07, 6.45) is 1.90. The molecule has 0 unspecified atom stereocenters. The van der Waals surface area contributed by atoms with E-state index < -0.39 is 0 Å². The van der Waals surface area contributed by atoms with Gasteiger partial charge in [0.1, 0.15) is 5.78 Å². The Bertz CT molecular complexity index is 570. The van der Waals surface area contributed by atoms with Gasteiger partial charge in [-0.1, -0.05) is 30.3 Å². The summed E-state index contributed by atoms with van der Waals surface area (Å²) >= 11 is 0. The number of carbonyl (C=O) groups is 1. The van der Waals surface area contributed by atoms with Gasteiger partial charge in [-0.15, -0.1) is 0 Å².